The first-order chi connectivity index (χ1) is 8.97. The van der Waals surface area contributed by atoms with E-state index in [-0.39, 0.29) is 12.1 Å². The molecular formula is C10H5FN4O4. The molecule has 19 heavy (non-hydrogen) atoms. The Morgan fingerprint density at radius 2 is 2.32 bits per heavy atom. The molecule has 0 unspecified atom stereocenters. The van der Waals surface area contributed by atoms with E-state index in [2.05, 4.69) is 21.9 Å². The quantitative estimate of drug-likeness (QED) is 0.223. The largest absolute Gasteiger partial charge is 0.477 e. The molecule has 0 spiro atoms. The van der Waals surface area contributed by atoms with Gasteiger partial charge in [-0.2, -0.15) is 0 Å². The van der Waals surface area contributed by atoms with Crippen LogP contribution in [0.15, 0.2) is 17.2 Å². The Hall–Kier alpha value is -3.11. The maximum atomic E-state index is 13.5. The van der Waals surface area contributed by atoms with Crippen LogP contribution < -0.4 is 0 Å². The fourth-order valence-corrected chi connectivity index (χ4v) is 1.18. The van der Waals surface area contributed by atoms with Gasteiger partial charge in [-0.05, 0) is 11.6 Å². The molecule has 8 nitrogen and oxygen atoms in total. The molecule has 0 radical (unpaired) electrons. The summed E-state index contributed by atoms with van der Waals surface area (Å²) in [4.78, 5) is 22.9. The van der Waals surface area contributed by atoms with E-state index in [4.69, 9.17) is 10.6 Å². The molecule has 0 aliphatic heterocycles. The third-order valence-corrected chi connectivity index (χ3v) is 1.95. The van der Waals surface area contributed by atoms with Crippen molar-refractivity contribution in [2.24, 2.45) is 5.11 Å². The Labute approximate surface area is 105 Å². The minimum absolute atomic E-state index is 0.232. The Morgan fingerprint density at radius 1 is 1.63 bits per heavy atom. The Balaban J connectivity index is 3.31. The van der Waals surface area contributed by atoms with Crippen LogP contribution in [0.3, 0.4) is 0 Å². The molecule has 0 saturated carbocycles. The van der Waals surface area contributed by atoms with Crippen LogP contribution in [0.25, 0.3) is 10.4 Å². The molecule has 96 valence electrons. The van der Waals surface area contributed by atoms with E-state index >= 15 is 0 Å². The molecule has 0 atom stereocenters. The molecule has 0 fully saturated rings. The van der Waals surface area contributed by atoms with Crippen molar-refractivity contribution < 1.29 is 19.2 Å². The number of rotatable bonds is 3. The summed E-state index contributed by atoms with van der Waals surface area (Å²) in [6.45, 7) is -0.232. The van der Waals surface area contributed by atoms with Crippen LogP contribution in [-0.4, -0.2) is 22.5 Å². The number of azide groups is 1. The number of nitro groups is 1. The predicted molar refractivity (Wildman–Crippen MR) is 60.9 cm³/mol. The number of carboxylic acid groups (broad SMARTS) is 1. The first kappa shape index (κ1) is 14.0. The van der Waals surface area contributed by atoms with Crippen LogP contribution >= 0.6 is 0 Å². The topological polar surface area (TPSA) is 129 Å². The maximum Gasteiger partial charge on any atom is 0.342 e. The lowest BCUT2D eigenvalue weighted by atomic mass is 10.1. The van der Waals surface area contributed by atoms with Crippen LogP contribution in [-0.2, 0) is 0 Å². The third-order valence-electron chi connectivity index (χ3n) is 1.95. The smallest absolute Gasteiger partial charge is 0.342 e. The van der Waals surface area contributed by atoms with Gasteiger partial charge in [0.1, 0.15) is 11.4 Å². The van der Waals surface area contributed by atoms with Gasteiger partial charge in [-0.3, -0.25) is 10.1 Å². The number of carboxylic acids is 1. The average Bonchev–Trinajstić information content (AvgIpc) is 2.35. The summed E-state index contributed by atoms with van der Waals surface area (Å²) < 4.78 is 13.5. The highest BCUT2D eigenvalue weighted by Gasteiger charge is 2.22. The second kappa shape index (κ2) is 6.00. The number of hydrogen-bond acceptors (Lipinski definition) is 4. The zero-order chi connectivity index (χ0) is 14.4. The van der Waals surface area contributed by atoms with Gasteiger partial charge < -0.3 is 5.11 Å². The van der Waals surface area contributed by atoms with Gasteiger partial charge in [-0.25, -0.2) is 9.18 Å². The molecule has 0 amide bonds. The van der Waals surface area contributed by atoms with Crippen LogP contribution in [0.4, 0.5) is 10.1 Å². The van der Waals surface area contributed by atoms with Gasteiger partial charge in [0, 0.05) is 11.0 Å². The minimum atomic E-state index is -1.61. The zero-order valence-corrected chi connectivity index (χ0v) is 9.20. The lowest BCUT2D eigenvalue weighted by molar-refractivity contribution is -0.385. The number of hydrogen-bond donors (Lipinski definition) is 1. The Bertz CT molecular complexity index is 655. The van der Waals surface area contributed by atoms with Crippen LogP contribution in [0.1, 0.15) is 15.9 Å². The van der Waals surface area contributed by atoms with Crippen molar-refractivity contribution >= 4 is 11.7 Å². The summed E-state index contributed by atoms with van der Waals surface area (Å²) in [5, 5.41) is 22.5. The molecule has 1 aromatic rings. The lowest BCUT2D eigenvalue weighted by Crippen LogP contribution is -2.04. The van der Waals surface area contributed by atoms with E-state index in [1.165, 1.54) is 0 Å². The van der Waals surface area contributed by atoms with E-state index in [0.29, 0.717) is 6.07 Å². The average molecular weight is 264 g/mol. The molecule has 0 aromatic heterocycles. The molecule has 0 aliphatic rings. The van der Waals surface area contributed by atoms with E-state index in [9.17, 15) is 19.3 Å². The fraction of sp³-hybridized carbons (Fsp3) is 0.100. The highest BCUT2D eigenvalue weighted by molar-refractivity contribution is 5.92. The van der Waals surface area contributed by atoms with Gasteiger partial charge in [0.25, 0.3) is 5.69 Å². The van der Waals surface area contributed by atoms with Gasteiger partial charge >= 0.3 is 5.97 Å². The SMILES string of the molecule is [N-]=[N+]=NCC#Cc1cc([N+](=O)[O-])c(C(=O)O)cc1F. The van der Waals surface area contributed by atoms with Crippen molar-refractivity contribution in [3.05, 3.63) is 49.6 Å². The fourth-order valence-electron chi connectivity index (χ4n) is 1.18. The first-order valence-corrected chi connectivity index (χ1v) is 4.68. The number of benzene rings is 1. The predicted octanol–water partition coefficient (Wildman–Crippen LogP) is 2.09. The summed E-state index contributed by atoms with van der Waals surface area (Å²) in [6, 6.07) is 1.25. The summed E-state index contributed by atoms with van der Waals surface area (Å²) in [7, 11) is 0. The molecule has 1 N–H and O–H groups in total. The van der Waals surface area contributed by atoms with Crippen molar-refractivity contribution in [3.63, 3.8) is 0 Å². The minimum Gasteiger partial charge on any atom is -0.477 e. The van der Waals surface area contributed by atoms with Gasteiger partial charge in [0.05, 0.1) is 17.0 Å². The molecule has 0 aliphatic carbocycles. The zero-order valence-electron chi connectivity index (χ0n) is 9.20. The van der Waals surface area contributed by atoms with Crippen LogP contribution in [0.5, 0.6) is 0 Å². The second-order valence-corrected chi connectivity index (χ2v) is 3.10. The van der Waals surface area contributed by atoms with E-state index < -0.39 is 28.0 Å². The van der Waals surface area contributed by atoms with Crippen LogP contribution in [0, 0.1) is 27.8 Å². The molecule has 1 aromatic carbocycles. The first-order valence-electron chi connectivity index (χ1n) is 4.68. The molecule has 9 heteroatoms. The van der Waals surface area contributed by atoms with Crippen molar-refractivity contribution in [2.75, 3.05) is 6.54 Å². The Kier molecular flexibility index (Phi) is 4.40. The summed E-state index contributed by atoms with van der Waals surface area (Å²) in [5.41, 5.74) is 6.13. The van der Waals surface area contributed by atoms with Crippen molar-refractivity contribution in [2.45, 2.75) is 0 Å². The number of halogens is 1. The summed E-state index contributed by atoms with van der Waals surface area (Å²) in [6.07, 6.45) is 0. The van der Waals surface area contributed by atoms with Crippen molar-refractivity contribution in [1.29, 1.82) is 0 Å². The molecule has 1 rings (SSSR count). The molecule has 0 heterocycles. The summed E-state index contributed by atoms with van der Waals surface area (Å²) in [5.74, 6) is 1.88. The van der Waals surface area contributed by atoms with Gasteiger partial charge in [-0.1, -0.05) is 17.0 Å². The number of carbonyl (C=O) groups is 1. The lowest BCUT2D eigenvalue weighted by Gasteiger charge is -2.00. The monoisotopic (exact) mass is 264 g/mol. The van der Waals surface area contributed by atoms with Gasteiger partial charge in [0.15, 0.2) is 0 Å². The Morgan fingerprint density at radius 3 is 2.84 bits per heavy atom. The number of aromatic carboxylic acids is 1. The number of nitrogens with zero attached hydrogens (tertiary/aromatic N) is 4. The molecule has 0 bridgehead atoms. The highest BCUT2D eigenvalue weighted by atomic mass is 19.1. The third kappa shape index (κ3) is 3.42. The molecular weight excluding hydrogens is 259 g/mol. The van der Waals surface area contributed by atoms with Crippen LogP contribution in [0.2, 0.25) is 0 Å². The maximum absolute atomic E-state index is 13.5. The number of nitro benzene ring substituents is 1. The highest BCUT2D eigenvalue weighted by Crippen LogP contribution is 2.22. The van der Waals surface area contributed by atoms with Gasteiger partial charge in [-0.15, -0.1) is 0 Å². The summed E-state index contributed by atoms with van der Waals surface area (Å²) >= 11 is 0. The van der Waals surface area contributed by atoms with E-state index in [1.807, 2.05) is 0 Å². The van der Waals surface area contributed by atoms with Crippen molar-refractivity contribution in [3.8, 4) is 11.8 Å². The van der Waals surface area contributed by atoms with E-state index in [1.54, 1.807) is 0 Å². The van der Waals surface area contributed by atoms with Crippen molar-refractivity contribution in [1.82, 2.24) is 0 Å². The standard InChI is InChI=1S/C10H5FN4O4/c11-8-5-7(10(16)17)9(15(18)19)4-6(8)2-1-3-13-14-12/h4-5H,3H2,(H,16,17). The molecule has 0 saturated heterocycles. The second-order valence-electron chi connectivity index (χ2n) is 3.10. The van der Waals surface area contributed by atoms with Gasteiger partial charge in [0.2, 0.25) is 0 Å². The normalized spacial score (nSPS) is 8.89. The van der Waals surface area contributed by atoms with E-state index in [0.717, 1.165) is 6.07 Å².